The largest absolute Gasteiger partial charge is 0.375 e. The first-order chi connectivity index (χ1) is 9.31. The molecule has 3 unspecified atom stereocenters. The number of ether oxygens (including phenoxy) is 1. The predicted octanol–water partition coefficient (Wildman–Crippen LogP) is 2.32. The highest BCUT2D eigenvalue weighted by Gasteiger charge is 2.35. The van der Waals surface area contributed by atoms with E-state index >= 15 is 0 Å². The van der Waals surface area contributed by atoms with Crippen LogP contribution in [0.3, 0.4) is 0 Å². The van der Waals surface area contributed by atoms with Gasteiger partial charge >= 0.3 is 0 Å². The van der Waals surface area contributed by atoms with Crippen LogP contribution in [-0.4, -0.2) is 31.1 Å². The Morgan fingerprint density at radius 3 is 3.00 bits per heavy atom. The molecule has 104 valence electrons. The molecule has 0 radical (unpaired) electrons. The lowest BCUT2D eigenvalue weighted by molar-refractivity contribution is 0.0196. The summed E-state index contributed by atoms with van der Waals surface area (Å²) in [5.74, 6) is 0.652. The van der Waals surface area contributed by atoms with Gasteiger partial charge in [-0.2, -0.15) is 0 Å². The molecule has 1 heterocycles. The maximum atomic E-state index is 5.93. The molecule has 0 aromatic heterocycles. The van der Waals surface area contributed by atoms with Crippen LogP contribution in [0.15, 0.2) is 24.3 Å². The van der Waals surface area contributed by atoms with Crippen molar-refractivity contribution < 1.29 is 4.74 Å². The third-order valence-electron chi connectivity index (χ3n) is 4.88. The van der Waals surface area contributed by atoms with E-state index in [-0.39, 0.29) is 0 Å². The van der Waals surface area contributed by atoms with Gasteiger partial charge < -0.3 is 10.5 Å². The first-order valence-corrected chi connectivity index (χ1v) is 7.39. The molecule has 2 N–H and O–H groups in total. The van der Waals surface area contributed by atoms with Gasteiger partial charge in [0.15, 0.2) is 0 Å². The van der Waals surface area contributed by atoms with E-state index in [1.165, 1.54) is 30.4 Å². The summed E-state index contributed by atoms with van der Waals surface area (Å²) in [5.41, 5.74) is 8.71. The number of likely N-dealkylation sites (N-methyl/N-ethyl adjacent to an activating group) is 1. The quantitative estimate of drug-likeness (QED) is 0.906. The van der Waals surface area contributed by atoms with Crippen LogP contribution in [0, 0.1) is 5.92 Å². The molecule has 0 spiro atoms. The summed E-state index contributed by atoms with van der Waals surface area (Å²) >= 11 is 0. The third kappa shape index (κ3) is 2.42. The Morgan fingerprint density at radius 1 is 1.32 bits per heavy atom. The Hall–Kier alpha value is -0.900. The predicted molar refractivity (Wildman–Crippen MR) is 76.8 cm³/mol. The molecule has 1 fully saturated rings. The van der Waals surface area contributed by atoms with E-state index < -0.39 is 0 Å². The molecular weight excluding hydrogens is 236 g/mol. The van der Waals surface area contributed by atoms with E-state index in [0.717, 1.165) is 19.8 Å². The lowest BCUT2D eigenvalue weighted by Crippen LogP contribution is -2.42. The fourth-order valence-corrected chi connectivity index (χ4v) is 3.76. The summed E-state index contributed by atoms with van der Waals surface area (Å²) in [6, 6.07) is 9.69. The Morgan fingerprint density at radius 2 is 2.16 bits per heavy atom. The van der Waals surface area contributed by atoms with Crippen LogP contribution in [0.4, 0.5) is 0 Å². The van der Waals surface area contributed by atoms with Gasteiger partial charge in [-0.05, 0) is 43.5 Å². The topological polar surface area (TPSA) is 38.5 Å². The minimum absolute atomic E-state index is 0.391. The van der Waals surface area contributed by atoms with Crippen molar-refractivity contribution in [2.75, 3.05) is 20.2 Å². The first-order valence-electron chi connectivity index (χ1n) is 7.39. The van der Waals surface area contributed by atoms with E-state index in [2.05, 4.69) is 36.2 Å². The second-order valence-corrected chi connectivity index (χ2v) is 5.89. The minimum atomic E-state index is 0.391. The first kappa shape index (κ1) is 13.1. The molecule has 1 saturated carbocycles. The fourth-order valence-electron chi connectivity index (χ4n) is 3.76. The van der Waals surface area contributed by atoms with Crippen molar-refractivity contribution in [3.05, 3.63) is 35.4 Å². The number of hydrogen-bond acceptors (Lipinski definition) is 3. The van der Waals surface area contributed by atoms with E-state index in [1.54, 1.807) is 0 Å². The van der Waals surface area contributed by atoms with Crippen LogP contribution in [0.2, 0.25) is 0 Å². The molecule has 0 saturated heterocycles. The lowest BCUT2D eigenvalue weighted by atomic mass is 9.94. The summed E-state index contributed by atoms with van der Waals surface area (Å²) in [7, 11) is 2.24. The Kier molecular flexibility index (Phi) is 3.87. The second kappa shape index (κ2) is 5.61. The molecule has 0 bridgehead atoms. The van der Waals surface area contributed by atoms with Crippen molar-refractivity contribution in [2.24, 2.45) is 11.7 Å². The molecule has 3 heteroatoms. The molecule has 3 nitrogen and oxygen atoms in total. The third-order valence-corrected chi connectivity index (χ3v) is 4.88. The highest BCUT2D eigenvalue weighted by Crippen LogP contribution is 2.36. The average Bonchev–Trinajstić information content (AvgIpc) is 2.94. The van der Waals surface area contributed by atoms with Gasteiger partial charge in [0.25, 0.3) is 0 Å². The van der Waals surface area contributed by atoms with E-state index in [9.17, 15) is 0 Å². The van der Waals surface area contributed by atoms with Gasteiger partial charge in [0.2, 0.25) is 0 Å². The molecule has 1 aliphatic heterocycles. The van der Waals surface area contributed by atoms with Crippen molar-refractivity contribution in [1.29, 1.82) is 0 Å². The van der Waals surface area contributed by atoms with Crippen LogP contribution < -0.4 is 5.73 Å². The maximum Gasteiger partial charge on any atom is 0.0721 e. The van der Waals surface area contributed by atoms with Crippen molar-refractivity contribution in [2.45, 2.75) is 38.0 Å². The SMILES string of the molecule is CN(C1COCc2ccccc21)C1CCCC1CN. The Labute approximate surface area is 115 Å². The van der Waals surface area contributed by atoms with Crippen molar-refractivity contribution in [3.63, 3.8) is 0 Å². The summed E-state index contributed by atoms with van der Waals surface area (Å²) in [4.78, 5) is 2.52. The zero-order chi connectivity index (χ0) is 13.2. The summed E-state index contributed by atoms with van der Waals surface area (Å²) in [5, 5.41) is 0. The molecule has 19 heavy (non-hydrogen) atoms. The molecular formula is C16H24N2O. The van der Waals surface area contributed by atoms with Gasteiger partial charge in [-0.1, -0.05) is 30.7 Å². The van der Waals surface area contributed by atoms with Gasteiger partial charge in [0, 0.05) is 6.04 Å². The maximum absolute atomic E-state index is 5.93. The molecule has 1 aromatic rings. The zero-order valence-corrected chi connectivity index (χ0v) is 11.7. The Balaban J connectivity index is 1.83. The van der Waals surface area contributed by atoms with Gasteiger partial charge in [-0.3, -0.25) is 4.90 Å². The van der Waals surface area contributed by atoms with Crippen LogP contribution >= 0.6 is 0 Å². The molecule has 2 aliphatic rings. The number of fused-ring (bicyclic) bond motifs is 1. The fraction of sp³-hybridized carbons (Fsp3) is 0.625. The standard InChI is InChI=1S/C16H24N2O/c1-18(15-8-4-6-12(15)9-17)16-11-19-10-13-5-2-3-7-14(13)16/h2-3,5,7,12,15-16H,4,6,8-11,17H2,1H3. The summed E-state index contributed by atoms with van der Waals surface area (Å²) in [6.45, 7) is 2.37. The van der Waals surface area contributed by atoms with Crippen LogP contribution in [-0.2, 0) is 11.3 Å². The number of hydrogen-bond donors (Lipinski definition) is 1. The highest BCUT2D eigenvalue weighted by atomic mass is 16.5. The monoisotopic (exact) mass is 260 g/mol. The van der Waals surface area contributed by atoms with E-state index in [1.807, 2.05) is 0 Å². The van der Waals surface area contributed by atoms with Crippen LogP contribution in [0.1, 0.15) is 36.4 Å². The smallest absolute Gasteiger partial charge is 0.0721 e. The zero-order valence-electron chi connectivity index (χ0n) is 11.7. The summed E-state index contributed by atoms with van der Waals surface area (Å²) < 4.78 is 5.79. The average molecular weight is 260 g/mol. The van der Waals surface area contributed by atoms with Crippen molar-refractivity contribution >= 4 is 0 Å². The van der Waals surface area contributed by atoms with Gasteiger partial charge in [0.05, 0.1) is 19.3 Å². The Bertz CT molecular complexity index is 435. The highest BCUT2D eigenvalue weighted by molar-refractivity contribution is 5.31. The van der Waals surface area contributed by atoms with Gasteiger partial charge in [-0.15, -0.1) is 0 Å². The van der Waals surface area contributed by atoms with Crippen LogP contribution in [0.25, 0.3) is 0 Å². The van der Waals surface area contributed by atoms with Crippen molar-refractivity contribution in [3.8, 4) is 0 Å². The summed E-state index contributed by atoms with van der Waals surface area (Å²) in [6.07, 6.45) is 3.86. The van der Waals surface area contributed by atoms with Gasteiger partial charge in [-0.25, -0.2) is 0 Å². The molecule has 1 aromatic carbocycles. The van der Waals surface area contributed by atoms with E-state index in [0.29, 0.717) is 18.0 Å². The molecule has 0 amide bonds. The lowest BCUT2D eigenvalue weighted by Gasteiger charge is -2.38. The number of rotatable bonds is 3. The number of nitrogens with zero attached hydrogens (tertiary/aromatic N) is 1. The normalized spacial score (nSPS) is 30.6. The number of nitrogens with two attached hydrogens (primary N) is 1. The number of benzene rings is 1. The second-order valence-electron chi connectivity index (χ2n) is 5.89. The molecule has 3 rings (SSSR count). The van der Waals surface area contributed by atoms with Crippen molar-refractivity contribution in [1.82, 2.24) is 4.90 Å². The molecule has 1 aliphatic carbocycles. The minimum Gasteiger partial charge on any atom is -0.375 e. The van der Waals surface area contributed by atoms with Gasteiger partial charge in [0.1, 0.15) is 0 Å². The van der Waals surface area contributed by atoms with Crippen LogP contribution in [0.5, 0.6) is 0 Å². The van der Waals surface area contributed by atoms with E-state index in [4.69, 9.17) is 10.5 Å². The molecule has 3 atom stereocenters.